The average Bonchev–Trinajstić information content (AvgIpc) is 2.84. The van der Waals surface area contributed by atoms with Gasteiger partial charge in [0, 0.05) is 32.6 Å². The molecule has 2 atom stereocenters. The first-order valence-electron chi connectivity index (χ1n) is 6.23. The molecule has 0 bridgehead atoms. The second-order valence-electron chi connectivity index (χ2n) is 4.58. The Kier molecular flexibility index (Phi) is 4.87. The third-order valence-corrected chi connectivity index (χ3v) is 4.60. The van der Waals surface area contributed by atoms with Gasteiger partial charge in [0.25, 0.3) is 0 Å². The Morgan fingerprint density at radius 3 is 2.84 bits per heavy atom. The summed E-state index contributed by atoms with van der Waals surface area (Å²) in [5.74, 6) is 0.0734. The fourth-order valence-electron chi connectivity index (χ4n) is 2.11. The fourth-order valence-corrected chi connectivity index (χ4v) is 3.43. The van der Waals surface area contributed by atoms with Crippen LogP contribution in [0.2, 0.25) is 0 Å². The molecule has 1 aromatic rings. The highest BCUT2D eigenvalue weighted by molar-refractivity contribution is 7.89. The number of hydrogen-bond donors (Lipinski definition) is 2. The van der Waals surface area contributed by atoms with Gasteiger partial charge in [0.05, 0.1) is 17.9 Å². The van der Waals surface area contributed by atoms with Crippen molar-refractivity contribution in [1.82, 2.24) is 15.0 Å². The fraction of sp³-hybridized carbons (Fsp3) is 0.583. The van der Waals surface area contributed by atoms with Crippen molar-refractivity contribution in [1.29, 1.82) is 0 Å². The Balaban J connectivity index is 1.88. The predicted molar refractivity (Wildman–Crippen MR) is 72.3 cm³/mol. The maximum Gasteiger partial charge on any atom is 0.212 e. The molecule has 0 amide bonds. The van der Waals surface area contributed by atoms with Gasteiger partial charge in [0.15, 0.2) is 0 Å². The minimum Gasteiger partial charge on any atom is -0.378 e. The van der Waals surface area contributed by atoms with Crippen molar-refractivity contribution in [2.75, 3.05) is 26.0 Å². The topological polar surface area (TPSA) is 80.3 Å². The molecule has 0 saturated carbocycles. The largest absolute Gasteiger partial charge is 0.378 e. The van der Waals surface area contributed by atoms with Crippen molar-refractivity contribution in [2.45, 2.75) is 18.6 Å². The van der Waals surface area contributed by atoms with Gasteiger partial charge in [-0.25, -0.2) is 13.1 Å². The van der Waals surface area contributed by atoms with Crippen LogP contribution in [0, 0.1) is 0 Å². The summed E-state index contributed by atoms with van der Waals surface area (Å²) >= 11 is 0. The van der Waals surface area contributed by atoms with Crippen LogP contribution in [0.1, 0.15) is 5.56 Å². The van der Waals surface area contributed by atoms with Crippen molar-refractivity contribution < 1.29 is 13.2 Å². The molecule has 6 nitrogen and oxygen atoms in total. The van der Waals surface area contributed by atoms with Crippen LogP contribution in [0.5, 0.6) is 0 Å². The number of nitrogens with one attached hydrogen (secondary N) is 2. The van der Waals surface area contributed by atoms with Crippen molar-refractivity contribution in [3.8, 4) is 0 Å². The summed E-state index contributed by atoms with van der Waals surface area (Å²) in [5, 5.41) is 3.11. The number of nitrogens with zero attached hydrogens (tertiary/aromatic N) is 1. The second-order valence-corrected chi connectivity index (χ2v) is 6.45. The molecule has 1 fully saturated rings. The van der Waals surface area contributed by atoms with Crippen LogP contribution < -0.4 is 10.0 Å². The van der Waals surface area contributed by atoms with Gasteiger partial charge in [-0.05, 0) is 24.1 Å². The average molecular weight is 285 g/mol. The molecular weight excluding hydrogens is 266 g/mol. The number of aromatic nitrogens is 1. The van der Waals surface area contributed by atoms with Crippen molar-refractivity contribution >= 4 is 10.0 Å². The standard InChI is InChI=1S/C12H19N3O3S/c1-18-12-9-14-8-11(12)15-19(16,17)7-4-10-2-5-13-6-3-10/h2-3,5-6,11-12,14-15H,4,7-9H2,1H3/t11?,12-/m0/s1. The van der Waals surface area contributed by atoms with Gasteiger partial charge in [-0.1, -0.05) is 0 Å². The van der Waals surface area contributed by atoms with Gasteiger partial charge in [-0.15, -0.1) is 0 Å². The number of sulfonamides is 1. The summed E-state index contributed by atoms with van der Waals surface area (Å²) in [5.41, 5.74) is 0.966. The van der Waals surface area contributed by atoms with Crippen molar-refractivity contribution in [3.05, 3.63) is 30.1 Å². The number of pyridine rings is 1. The molecule has 1 aliphatic rings. The molecule has 1 aliphatic heterocycles. The number of rotatable bonds is 6. The number of ether oxygens (including phenoxy) is 1. The molecule has 7 heteroatoms. The summed E-state index contributed by atoms with van der Waals surface area (Å²) in [4.78, 5) is 3.90. The molecule has 19 heavy (non-hydrogen) atoms. The summed E-state index contributed by atoms with van der Waals surface area (Å²) < 4.78 is 32.0. The van der Waals surface area contributed by atoms with Gasteiger partial charge in [0.2, 0.25) is 10.0 Å². The van der Waals surface area contributed by atoms with Crippen LogP contribution in [0.15, 0.2) is 24.5 Å². The van der Waals surface area contributed by atoms with E-state index in [0.29, 0.717) is 19.5 Å². The van der Waals surface area contributed by atoms with E-state index in [-0.39, 0.29) is 17.9 Å². The Bertz CT molecular complexity index is 492. The number of methoxy groups -OCH3 is 1. The Morgan fingerprint density at radius 2 is 2.16 bits per heavy atom. The van der Waals surface area contributed by atoms with Gasteiger partial charge < -0.3 is 10.1 Å². The van der Waals surface area contributed by atoms with Gasteiger partial charge in [-0.2, -0.15) is 0 Å². The van der Waals surface area contributed by atoms with E-state index < -0.39 is 10.0 Å². The molecule has 0 radical (unpaired) electrons. The maximum absolute atomic E-state index is 12.0. The summed E-state index contributed by atoms with van der Waals surface area (Å²) in [6.45, 7) is 1.28. The Morgan fingerprint density at radius 1 is 1.42 bits per heavy atom. The molecular formula is C12H19N3O3S. The molecule has 0 aliphatic carbocycles. The molecule has 1 aromatic heterocycles. The monoisotopic (exact) mass is 285 g/mol. The molecule has 2 rings (SSSR count). The zero-order valence-corrected chi connectivity index (χ0v) is 11.7. The van der Waals surface area contributed by atoms with E-state index in [1.807, 2.05) is 12.1 Å². The third-order valence-electron chi connectivity index (χ3n) is 3.20. The van der Waals surface area contributed by atoms with E-state index in [2.05, 4.69) is 15.0 Å². The minimum atomic E-state index is -3.30. The first-order valence-corrected chi connectivity index (χ1v) is 7.88. The minimum absolute atomic E-state index is 0.0734. The molecule has 1 unspecified atom stereocenters. The van der Waals surface area contributed by atoms with Gasteiger partial charge >= 0.3 is 0 Å². The summed E-state index contributed by atoms with van der Waals surface area (Å²) in [7, 11) is -1.70. The quantitative estimate of drug-likeness (QED) is 0.738. The molecule has 2 N–H and O–H groups in total. The van der Waals surface area contributed by atoms with E-state index in [0.717, 1.165) is 5.56 Å². The van der Waals surface area contributed by atoms with E-state index in [1.54, 1.807) is 19.5 Å². The normalized spacial score (nSPS) is 23.6. The number of hydrogen-bond acceptors (Lipinski definition) is 5. The van der Waals surface area contributed by atoms with Crippen LogP contribution in [-0.2, 0) is 21.2 Å². The van der Waals surface area contributed by atoms with Crippen LogP contribution in [0.4, 0.5) is 0 Å². The lowest BCUT2D eigenvalue weighted by atomic mass is 10.2. The van der Waals surface area contributed by atoms with Gasteiger partial charge in [0.1, 0.15) is 0 Å². The lowest BCUT2D eigenvalue weighted by Crippen LogP contribution is -2.44. The van der Waals surface area contributed by atoms with E-state index in [1.165, 1.54) is 0 Å². The molecule has 106 valence electrons. The Hall–Kier alpha value is -1.02. The molecule has 0 aromatic carbocycles. The highest BCUT2D eigenvalue weighted by Crippen LogP contribution is 2.06. The molecule has 0 spiro atoms. The first-order chi connectivity index (χ1) is 9.11. The van der Waals surface area contributed by atoms with Crippen LogP contribution in [0.25, 0.3) is 0 Å². The van der Waals surface area contributed by atoms with E-state index in [9.17, 15) is 8.42 Å². The maximum atomic E-state index is 12.0. The highest BCUT2D eigenvalue weighted by atomic mass is 32.2. The predicted octanol–water partition coefficient (Wildman–Crippen LogP) is -0.470. The van der Waals surface area contributed by atoms with E-state index in [4.69, 9.17) is 4.74 Å². The lowest BCUT2D eigenvalue weighted by Gasteiger charge is -2.18. The smallest absolute Gasteiger partial charge is 0.212 e. The van der Waals surface area contributed by atoms with Crippen molar-refractivity contribution in [2.24, 2.45) is 0 Å². The highest BCUT2D eigenvalue weighted by Gasteiger charge is 2.30. The third kappa shape index (κ3) is 4.24. The zero-order chi connectivity index (χ0) is 13.7. The second kappa shape index (κ2) is 6.42. The Labute approximate surface area is 113 Å². The van der Waals surface area contributed by atoms with Crippen LogP contribution in [-0.4, -0.2) is 51.5 Å². The first kappa shape index (κ1) is 14.4. The van der Waals surface area contributed by atoms with E-state index >= 15 is 0 Å². The van der Waals surface area contributed by atoms with Crippen LogP contribution in [0.3, 0.4) is 0 Å². The van der Waals surface area contributed by atoms with Crippen LogP contribution >= 0.6 is 0 Å². The summed E-state index contributed by atoms with van der Waals surface area (Å²) in [6.07, 6.45) is 3.71. The number of aryl methyl sites for hydroxylation is 1. The SMILES string of the molecule is CO[C@H]1CNCC1NS(=O)(=O)CCc1ccncc1. The molecule has 2 heterocycles. The zero-order valence-electron chi connectivity index (χ0n) is 10.9. The molecule has 1 saturated heterocycles. The van der Waals surface area contributed by atoms with Crippen molar-refractivity contribution in [3.63, 3.8) is 0 Å². The lowest BCUT2D eigenvalue weighted by molar-refractivity contribution is 0.103. The summed E-state index contributed by atoms with van der Waals surface area (Å²) in [6, 6.07) is 3.46. The van der Waals surface area contributed by atoms with Gasteiger partial charge in [-0.3, -0.25) is 4.98 Å².